The largest absolute Gasteiger partial charge is 0.454 e. The molecule has 1 aromatic carbocycles. The first-order valence-electron chi connectivity index (χ1n) is 3.39. The van der Waals surface area contributed by atoms with E-state index < -0.39 is 23.3 Å². The lowest BCUT2D eigenvalue weighted by atomic mass is 10.1. The second-order valence-electron chi connectivity index (χ2n) is 2.46. The van der Waals surface area contributed by atoms with Crippen LogP contribution in [-0.4, -0.2) is 12.0 Å². The quantitative estimate of drug-likeness (QED) is 0.565. The van der Waals surface area contributed by atoms with Crippen LogP contribution >= 0.6 is 15.9 Å². The van der Waals surface area contributed by atoms with E-state index in [9.17, 15) is 22.4 Å². The van der Waals surface area contributed by atoms with Gasteiger partial charge in [0.05, 0.1) is 4.47 Å². The van der Waals surface area contributed by atoms with Crippen LogP contribution in [0, 0.1) is 5.82 Å². The molecule has 14 heavy (non-hydrogen) atoms. The lowest BCUT2D eigenvalue weighted by Crippen LogP contribution is -2.22. The second kappa shape index (κ2) is 3.68. The highest BCUT2D eigenvalue weighted by Crippen LogP contribution is 2.24. The maximum atomic E-state index is 12.8. The van der Waals surface area contributed by atoms with Gasteiger partial charge in [0, 0.05) is 5.56 Å². The molecule has 0 aliphatic heterocycles. The van der Waals surface area contributed by atoms with Gasteiger partial charge in [-0.15, -0.1) is 0 Å². The molecule has 0 spiro atoms. The van der Waals surface area contributed by atoms with E-state index in [0.29, 0.717) is 6.07 Å². The lowest BCUT2D eigenvalue weighted by Gasteiger charge is -2.05. The number of alkyl halides is 3. The Bertz CT molecular complexity index is 372. The van der Waals surface area contributed by atoms with Crippen LogP contribution in [0.25, 0.3) is 0 Å². The van der Waals surface area contributed by atoms with E-state index in [2.05, 4.69) is 15.9 Å². The first-order chi connectivity index (χ1) is 6.32. The minimum atomic E-state index is -4.97. The molecule has 0 heterocycles. The molecule has 1 nitrogen and oxygen atoms in total. The van der Waals surface area contributed by atoms with Gasteiger partial charge in [0.2, 0.25) is 0 Å². The topological polar surface area (TPSA) is 17.1 Å². The first-order valence-corrected chi connectivity index (χ1v) is 4.18. The molecule has 0 radical (unpaired) electrons. The van der Waals surface area contributed by atoms with E-state index in [4.69, 9.17) is 0 Å². The van der Waals surface area contributed by atoms with Crippen molar-refractivity contribution in [3.05, 3.63) is 34.1 Å². The Hall–Kier alpha value is -0.910. The number of carbonyl (C=O) groups excluding carboxylic acids is 1. The maximum Gasteiger partial charge on any atom is 0.454 e. The number of carbonyl (C=O) groups is 1. The molecule has 0 saturated heterocycles. The van der Waals surface area contributed by atoms with E-state index in [-0.39, 0.29) is 4.47 Å². The Balaban J connectivity index is 3.10. The molecule has 0 aromatic heterocycles. The van der Waals surface area contributed by atoms with Crippen LogP contribution in [0.1, 0.15) is 10.4 Å². The van der Waals surface area contributed by atoms with Gasteiger partial charge in [0.1, 0.15) is 5.82 Å². The molecular formula is C8H3BrF4O. The van der Waals surface area contributed by atoms with Crippen LogP contribution < -0.4 is 0 Å². The molecule has 0 unspecified atom stereocenters. The van der Waals surface area contributed by atoms with Crippen LogP contribution in [0.5, 0.6) is 0 Å². The summed E-state index contributed by atoms with van der Waals surface area (Å²) in [6.45, 7) is 0. The number of benzene rings is 1. The monoisotopic (exact) mass is 270 g/mol. The highest BCUT2D eigenvalue weighted by Gasteiger charge is 2.39. The second-order valence-corrected chi connectivity index (χ2v) is 3.31. The molecule has 0 aliphatic rings. The van der Waals surface area contributed by atoms with Crippen molar-refractivity contribution >= 4 is 21.7 Å². The number of hydrogen-bond donors (Lipinski definition) is 0. The smallest absolute Gasteiger partial charge is 0.284 e. The molecular weight excluding hydrogens is 268 g/mol. The third-order valence-corrected chi connectivity index (χ3v) is 2.08. The first kappa shape index (κ1) is 11.2. The fraction of sp³-hybridized carbons (Fsp3) is 0.125. The zero-order valence-corrected chi connectivity index (χ0v) is 8.12. The molecule has 0 bridgehead atoms. The van der Waals surface area contributed by atoms with Crippen molar-refractivity contribution in [3.8, 4) is 0 Å². The molecule has 1 aromatic rings. The minimum absolute atomic E-state index is 0.0104. The predicted octanol–water partition coefficient (Wildman–Crippen LogP) is 3.33. The number of ketones is 1. The fourth-order valence-electron chi connectivity index (χ4n) is 0.801. The van der Waals surface area contributed by atoms with E-state index in [1.807, 2.05) is 0 Å². The van der Waals surface area contributed by atoms with Gasteiger partial charge < -0.3 is 0 Å². The summed E-state index contributed by atoms with van der Waals surface area (Å²) in [5.41, 5.74) is -0.710. The maximum absolute atomic E-state index is 12.8. The molecule has 6 heteroatoms. The Labute approximate surface area is 84.9 Å². The summed E-state index contributed by atoms with van der Waals surface area (Å²) in [4.78, 5) is 10.6. The van der Waals surface area contributed by atoms with Gasteiger partial charge >= 0.3 is 6.18 Å². The van der Waals surface area contributed by atoms with Crippen LogP contribution in [0.2, 0.25) is 0 Å². The Morgan fingerprint density at radius 2 is 1.86 bits per heavy atom. The summed E-state index contributed by atoms with van der Waals surface area (Å²) in [6.07, 6.45) is -4.97. The summed E-state index contributed by atoms with van der Waals surface area (Å²) in [5, 5.41) is 0. The number of halogens is 5. The van der Waals surface area contributed by atoms with Crippen molar-refractivity contribution in [2.75, 3.05) is 0 Å². The lowest BCUT2D eigenvalue weighted by molar-refractivity contribution is -0.0885. The molecule has 0 N–H and O–H groups in total. The normalized spacial score (nSPS) is 11.5. The van der Waals surface area contributed by atoms with E-state index in [1.165, 1.54) is 0 Å². The molecule has 76 valence electrons. The number of hydrogen-bond acceptors (Lipinski definition) is 1. The Kier molecular flexibility index (Phi) is 2.94. The highest BCUT2D eigenvalue weighted by atomic mass is 79.9. The molecule has 0 aliphatic carbocycles. The Morgan fingerprint density at radius 1 is 1.29 bits per heavy atom. The van der Waals surface area contributed by atoms with Gasteiger partial charge in [-0.05, 0) is 34.1 Å². The summed E-state index contributed by atoms with van der Waals surface area (Å²) in [7, 11) is 0. The summed E-state index contributed by atoms with van der Waals surface area (Å²) >= 11 is 2.76. The van der Waals surface area contributed by atoms with E-state index in [1.54, 1.807) is 0 Å². The molecule has 0 fully saturated rings. The number of Topliss-reactive ketones (excluding diaryl/α,β-unsaturated/α-hetero) is 1. The van der Waals surface area contributed by atoms with Crippen molar-refractivity contribution in [1.82, 2.24) is 0 Å². The van der Waals surface area contributed by atoms with Crippen LogP contribution in [0.4, 0.5) is 17.6 Å². The molecule has 0 amide bonds. The average molecular weight is 271 g/mol. The summed E-state index contributed by atoms with van der Waals surface area (Å²) < 4.78 is 48.4. The van der Waals surface area contributed by atoms with E-state index in [0.717, 1.165) is 12.1 Å². The van der Waals surface area contributed by atoms with Crippen LogP contribution in [0.3, 0.4) is 0 Å². The van der Waals surface area contributed by atoms with Gasteiger partial charge in [-0.1, -0.05) is 0 Å². The van der Waals surface area contributed by atoms with Gasteiger partial charge in [-0.25, -0.2) is 4.39 Å². The summed E-state index contributed by atoms with van der Waals surface area (Å²) in [6, 6.07) is 2.50. The van der Waals surface area contributed by atoms with Crippen LogP contribution in [-0.2, 0) is 0 Å². The fourth-order valence-corrected chi connectivity index (χ4v) is 1.05. The van der Waals surface area contributed by atoms with Gasteiger partial charge in [0.25, 0.3) is 5.78 Å². The van der Waals surface area contributed by atoms with Gasteiger partial charge in [-0.3, -0.25) is 4.79 Å². The average Bonchev–Trinajstić information content (AvgIpc) is 2.07. The molecule has 0 saturated carbocycles. The number of rotatable bonds is 1. The third-order valence-electron chi connectivity index (χ3n) is 1.44. The molecule has 1 rings (SSSR count). The van der Waals surface area contributed by atoms with Crippen LogP contribution in [0.15, 0.2) is 22.7 Å². The highest BCUT2D eigenvalue weighted by molar-refractivity contribution is 9.10. The Morgan fingerprint density at radius 3 is 2.29 bits per heavy atom. The van der Waals surface area contributed by atoms with Crippen molar-refractivity contribution in [2.24, 2.45) is 0 Å². The zero-order valence-electron chi connectivity index (χ0n) is 6.53. The third kappa shape index (κ3) is 2.31. The molecule has 0 atom stereocenters. The predicted molar refractivity (Wildman–Crippen MR) is 44.5 cm³/mol. The van der Waals surface area contributed by atoms with E-state index >= 15 is 0 Å². The van der Waals surface area contributed by atoms with Crippen molar-refractivity contribution in [2.45, 2.75) is 6.18 Å². The summed E-state index contributed by atoms with van der Waals surface area (Å²) in [5.74, 6) is -2.95. The SMILES string of the molecule is O=C(c1ccc(Br)c(F)c1)C(F)(F)F. The van der Waals surface area contributed by atoms with Crippen molar-refractivity contribution in [3.63, 3.8) is 0 Å². The standard InChI is InChI=1S/C8H3BrF4O/c9-5-2-1-4(3-6(5)10)7(14)8(11,12)13/h1-3H. The van der Waals surface area contributed by atoms with Crippen molar-refractivity contribution < 1.29 is 22.4 Å². The van der Waals surface area contributed by atoms with Gasteiger partial charge in [-0.2, -0.15) is 13.2 Å². The van der Waals surface area contributed by atoms with Crippen molar-refractivity contribution in [1.29, 1.82) is 0 Å². The van der Waals surface area contributed by atoms with Gasteiger partial charge in [0.15, 0.2) is 0 Å². The minimum Gasteiger partial charge on any atom is -0.284 e. The zero-order chi connectivity index (χ0) is 10.9.